The Balaban J connectivity index is 1.74. The summed E-state index contributed by atoms with van der Waals surface area (Å²) in [5.41, 5.74) is 4.36. The van der Waals surface area contributed by atoms with Gasteiger partial charge in [-0.05, 0) is 36.4 Å². The molecule has 138 valence electrons. The van der Waals surface area contributed by atoms with Gasteiger partial charge in [-0.2, -0.15) is 4.98 Å². The van der Waals surface area contributed by atoms with E-state index in [1.807, 2.05) is 38.1 Å². The van der Waals surface area contributed by atoms with Crippen LogP contribution in [0.3, 0.4) is 0 Å². The van der Waals surface area contributed by atoms with Crippen LogP contribution in [0.4, 0.5) is 0 Å². The highest BCUT2D eigenvalue weighted by atomic mass is 16.5. The van der Waals surface area contributed by atoms with Gasteiger partial charge in [-0.3, -0.25) is 4.98 Å². The SMILES string of the molecule is COc1c(C)cnc(COc2nc3ccccc3n2-c2nnnn2C)c1C. The lowest BCUT2D eigenvalue weighted by Gasteiger charge is -2.13. The largest absolute Gasteiger partial charge is 0.496 e. The molecule has 0 unspecified atom stereocenters. The minimum atomic E-state index is 0.247. The van der Waals surface area contributed by atoms with Gasteiger partial charge in [0.25, 0.3) is 5.95 Å². The number of hydrogen-bond acceptors (Lipinski definition) is 7. The van der Waals surface area contributed by atoms with E-state index in [2.05, 4.69) is 25.5 Å². The zero-order valence-electron chi connectivity index (χ0n) is 15.5. The molecule has 4 aromatic rings. The number of methoxy groups -OCH3 is 1. The first kappa shape index (κ1) is 17.0. The number of pyridine rings is 1. The Morgan fingerprint density at radius 1 is 1.15 bits per heavy atom. The highest BCUT2D eigenvalue weighted by molar-refractivity contribution is 5.78. The van der Waals surface area contributed by atoms with Gasteiger partial charge in [-0.15, -0.1) is 0 Å². The number of para-hydroxylation sites is 2. The number of ether oxygens (including phenoxy) is 2. The van der Waals surface area contributed by atoms with E-state index in [9.17, 15) is 0 Å². The van der Waals surface area contributed by atoms with Crippen LogP contribution >= 0.6 is 0 Å². The van der Waals surface area contributed by atoms with Crippen molar-refractivity contribution in [3.05, 3.63) is 47.3 Å². The highest BCUT2D eigenvalue weighted by Gasteiger charge is 2.19. The van der Waals surface area contributed by atoms with Crippen molar-refractivity contribution in [2.24, 2.45) is 7.05 Å². The second-order valence-electron chi connectivity index (χ2n) is 6.16. The number of imidazole rings is 1. The van der Waals surface area contributed by atoms with Gasteiger partial charge in [0.15, 0.2) is 0 Å². The van der Waals surface area contributed by atoms with Gasteiger partial charge in [0.05, 0.1) is 23.8 Å². The van der Waals surface area contributed by atoms with Gasteiger partial charge in [-0.25, -0.2) is 9.25 Å². The van der Waals surface area contributed by atoms with E-state index < -0.39 is 0 Å². The lowest BCUT2D eigenvalue weighted by Crippen LogP contribution is -2.09. The standard InChI is InChI=1S/C18H19N7O2/c1-11-9-19-14(12(2)16(11)26-4)10-27-18-20-13-7-5-6-8-15(13)25(18)17-21-22-23-24(17)3/h5-9H,10H2,1-4H3. The van der Waals surface area contributed by atoms with Crippen LogP contribution in [-0.4, -0.2) is 41.9 Å². The van der Waals surface area contributed by atoms with E-state index in [1.54, 1.807) is 29.6 Å². The van der Waals surface area contributed by atoms with Crippen LogP contribution in [0.15, 0.2) is 30.5 Å². The second-order valence-corrected chi connectivity index (χ2v) is 6.16. The fraction of sp³-hybridized carbons (Fsp3) is 0.278. The molecule has 27 heavy (non-hydrogen) atoms. The van der Waals surface area contributed by atoms with Crippen LogP contribution in [0.5, 0.6) is 11.8 Å². The number of aryl methyl sites for hydroxylation is 2. The molecule has 0 amide bonds. The van der Waals surface area contributed by atoms with E-state index >= 15 is 0 Å². The van der Waals surface area contributed by atoms with Gasteiger partial charge in [0, 0.05) is 24.4 Å². The molecule has 0 bridgehead atoms. The molecule has 3 aromatic heterocycles. The molecule has 0 N–H and O–H groups in total. The van der Waals surface area contributed by atoms with Gasteiger partial charge in [0.1, 0.15) is 12.4 Å². The summed E-state index contributed by atoms with van der Waals surface area (Å²) in [4.78, 5) is 9.07. The van der Waals surface area contributed by atoms with Crippen molar-refractivity contribution in [2.45, 2.75) is 20.5 Å². The molecule has 4 rings (SSSR count). The summed E-state index contributed by atoms with van der Waals surface area (Å²) in [6.07, 6.45) is 1.78. The Morgan fingerprint density at radius 2 is 1.96 bits per heavy atom. The van der Waals surface area contributed by atoms with Crippen molar-refractivity contribution < 1.29 is 9.47 Å². The normalized spacial score (nSPS) is 11.1. The monoisotopic (exact) mass is 365 g/mol. The summed E-state index contributed by atoms with van der Waals surface area (Å²) in [5, 5.41) is 11.7. The Kier molecular flexibility index (Phi) is 4.19. The van der Waals surface area contributed by atoms with E-state index in [-0.39, 0.29) is 6.61 Å². The van der Waals surface area contributed by atoms with Crippen molar-refractivity contribution >= 4 is 11.0 Å². The maximum Gasteiger partial charge on any atom is 0.305 e. The number of tetrazole rings is 1. The number of nitrogens with zero attached hydrogens (tertiary/aromatic N) is 7. The predicted octanol–water partition coefficient (Wildman–Crippen LogP) is 2.15. The van der Waals surface area contributed by atoms with Gasteiger partial charge in [-0.1, -0.05) is 17.2 Å². The van der Waals surface area contributed by atoms with Crippen LogP contribution in [0.25, 0.3) is 17.0 Å². The molecule has 0 saturated heterocycles. The van der Waals surface area contributed by atoms with Gasteiger partial charge >= 0.3 is 6.01 Å². The number of hydrogen-bond donors (Lipinski definition) is 0. The van der Waals surface area contributed by atoms with Crippen LogP contribution in [0.2, 0.25) is 0 Å². The molecule has 0 aliphatic heterocycles. The number of benzene rings is 1. The molecular weight excluding hydrogens is 346 g/mol. The molecule has 3 heterocycles. The smallest absolute Gasteiger partial charge is 0.305 e. The molecule has 0 aliphatic rings. The first-order chi connectivity index (χ1) is 13.1. The topological polar surface area (TPSA) is 92.8 Å². The third kappa shape index (κ3) is 2.86. The maximum absolute atomic E-state index is 6.03. The predicted molar refractivity (Wildman–Crippen MR) is 98.0 cm³/mol. The number of rotatable bonds is 5. The van der Waals surface area contributed by atoms with Crippen LogP contribution in [-0.2, 0) is 13.7 Å². The van der Waals surface area contributed by atoms with E-state index in [1.165, 1.54) is 0 Å². The highest BCUT2D eigenvalue weighted by Crippen LogP contribution is 2.27. The Hall–Kier alpha value is -3.49. The fourth-order valence-electron chi connectivity index (χ4n) is 3.06. The first-order valence-corrected chi connectivity index (χ1v) is 8.42. The molecule has 9 heteroatoms. The molecule has 0 radical (unpaired) electrons. The molecule has 0 atom stereocenters. The lowest BCUT2D eigenvalue weighted by molar-refractivity contribution is 0.270. The van der Waals surface area contributed by atoms with Crippen molar-refractivity contribution in [1.82, 2.24) is 34.7 Å². The van der Waals surface area contributed by atoms with Gasteiger partial charge < -0.3 is 9.47 Å². The van der Waals surface area contributed by atoms with Gasteiger partial charge in [0.2, 0.25) is 0 Å². The fourth-order valence-corrected chi connectivity index (χ4v) is 3.06. The van der Waals surface area contributed by atoms with Crippen molar-refractivity contribution in [3.8, 4) is 17.7 Å². The summed E-state index contributed by atoms with van der Waals surface area (Å²) < 4.78 is 14.9. The molecule has 0 spiro atoms. The number of aromatic nitrogens is 7. The molecular formula is C18H19N7O2. The van der Waals surface area contributed by atoms with E-state index in [4.69, 9.17) is 9.47 Å². The van der Waals surface area contributed by atoms with E-state index in [0.29, 0.717) is 12.0 Å². The zero-order valence-corrected chi connectivity index (χ0v) is 15.5. The summed E-state index contributed by atoms with van der Waals surface area (Å²) in [6.45, 7) is 4.17. The maximum atomic E-state index is 6.03. The summed E-state index contributed by atoms with van der Waals surface area (Å²) in [6, 6.07) is 8.12. The average molecular weight is 365 g/mol. The lowest BCUT2D eigenvalue weighted by atomic mass is 10.1. The summed E-state index contributed by atoms with van der Waals surface area (Å²) >= 11 is 0. The third-order valence-electron chi connectivity index (χ3n) is 4.42. The van der Waals surface area contributed by atoms with Crippen molar-refractivity contribution in [2.75, 3.05) is 7.11 Å². The Morgan fingerprint density at radius 3 is 2.70 bits per heavy atom. The third-order valence-corrected chi connectivity index (χ3v) is 4.42. The molecule has 9 nitrogen and oxygen atoms in total. The molecule has 0 fully saturated rings. The van der Waals surface area contributed by atoms with Crippen molar-refractivity contribution in [1.29, 1.82) is 0 Å². The van der Waals surface area contributed by atoms with E-state index in [0.717, 1.165) is 33.6 Å². The molecule has 0 aliphatic carbocycles. The molecule has 1 aromatic carbocycles. The quantitative estimate of drug-likeness (QED) is 0.535. The minimum Gasteiger partial charge on any atom is -0.496 e. The summed E-state index contributed by atoms with van der Waals surface area (Å²) in [5.74, 6) is 1.33. The van der Waals surface area contributed by atoms with Crippen LogP contribution in [0.1, 0.15) is 16.8 Å². The second kappa shape index (κ2) is 6.67. The number of fused-ring (bicyclic) bond motifs is 1. The minimum absolute atomic E-state index is 0.247. The van der Waals surface area contributed by atoms with Crippen molar-refractivity contribution in [3.63, 3.8) is 0 Å². The zero-order chi connectivity index (χ0) is 19.0. The Labute approximate surface area is 155 Å². The average Bonchev–Trinajstić information content (AvgIpc) is 3.24. The first-order valence-electron chi connectivity index (χ1n) is 8.42. The Bertz CT molecular complexity index is 1120. The van der Waals surface area contributed by atoms with Crippen LogP contribution in [0, 0.1) is 13.8 Å². The summed E-state index contributed by atoms with van der Waals surface area (Å²) in [7, 11) is 3.42. The van der Waals surface area contributed by atoms with Crippen LogP contribution < -0.4 is 9.47 Å². The molecule has 0 saturated carbocycles.